The summed E-state index contributed by atoms with van der Waals surface area (Å²) in [7, 11) is 0. The number of benzene rings is 1. The van der Waals surface area contributed by atoms with E-state index in [9.17, 15) is 4.79 Å². The molecule has 3 rings (SSSR count). The number of nitrogens with zero attached hydrogens (tertiary/aromatic N) is 4. The van der Waals surface area contributed by atoms with Crippen molar-refractivity contribution in [2.75, 3.05) is 0 Å². The number of H-pyrrole nitrogens is 1. The van der Waals surface area contributed by atoms with Crippen LogP contribution in [0.25, 0.3) is 11.6 Å². The number of carbonyl (C=O) groups is 1. The standard InChI is InChI=1S/C15H15BrN6O2/c1-8(2)11(19-14(23)9-3-5-10(16)6-4-9)15-20-13(22-24-15)12-17-7-18-21-12/h3-8,11H,1-2H3,(H,19,23)(H,17,18,21). The number of aromatic amines is 1. The SMILES string of the molecule is CC(C)C(NC(=O)c1ccc(Br)cc1)c1nc(-c2ncn[nH]2)no1. The van der Waals surface area contributed by atoms with E-state index in [4.69, 9.17) is 4.52 Å². The Kier molecular flexibility index (Phi) is 4.70. The first-order valence-electron chi connectivity index (χ1n) is 7.30. The third-order valence-electron chi connectivity index (χ3n) is 3.39. The fourth-order valence-electron chi connectivity index (χ4n) is 2.11. The molecule has 3 aromatic rings. The molecule has 0 aliphatic heterocycles. The van der Waals surface area contributed by atoms with E-state index in [1.807, 2.05) is 26.0 Å². The first kappa shape index (κ1) is 16.3. The largest absolute Gasteiger partial charge is 0.340 e. The fraction of sp³-hybridized carbons (Fsp3) is 0.267. The number of aromatic nitrogens is 5. The van der Waals surface area contributed by atoms with Crippen molar-refractivity contribution in [1.29, 1.82) is 0 Å². The fourth-order valence-corrected chi connectivity index (χ4v) is 2.37. The summed E-state index contributed by atoms with van der Waals surface area (Å²) in [4.78, 5) is 20.7. The van der Waals surface area contributed by atoms with Crippen LogP contribution in [0.4, 0.5) is 0 Å². The van der Waals surface area contributed by atoms with E-state index in [2.05, 4.69) is 46.6 Å². The van der Waals surface area contributed by atoms with Gasteiger partial charge in [-0.3, -0.25) is 9.89 Å². The van der Waals surface area contributed by atoms with Crippen LogP contribution in [0.1, 0.15) is 36.1 Å². The predicted octanol–water partition coefficient (Wildman–Crippen LogP) is 2.74. The minimum Gasteiger partial charge on any atom is -0.340 e. The Balaban J connectivity index is 1.80. The van der Waals surface area contributed by atoms with Gasteiger partial charge < -0.3 is 9.84 Å². The Morgan fingerprint density at radius 2 is 2.04 bits per heavy atom. The molecule has 0 radical (unpaired) electrons. The molecule has 2 aromatic heterocycles. The van der Waals surface area contributed by atoms with Gasteiger partial charge in [-0.05, 0) is 30.2 Å². The van der Waals surface area contributed by atoms with Gasteiger partial charge in [-0.1, -0.05) is 34.9 Å². The van der Waals surface area contributed by atoms with Gasteiger partial charge in [-0.2, -0.15) is 10.1 Å². The molecule has 1 unspecified atom stereocenters. The maximum Gasteiger partial charge on any atom is 0.251 e. The molecule has 2 heterocycles. The van der Waals surface area contributed by atoms with E-state index in [-0.39, 0.29) is 11.8 Å². The van der Waals surface area contributed by atoms with Crippen LogP contribution >= 0.6 is 15.9 Å². The van der Waals surface area contributed by atoms with Gasteiger partial charge in [0, 0.05) is 10.0 Å². The quantitative estimate of drug-likeness (QED) is 0.692. The summed E-state index contributed by atoms with van der Waals surface area (Å²) in [5.41, 5.74) is 0.554. The smallest absolute Gasteiger partial charge is 0.251 e. The molecule has 8 nitrogen and oxygen atoms in total. The molecule has 0 saturated carbocycles. The van der Waals surface area contributed by atoms with Gasteiger partial charge in [-0.25, -0.2) is 4.98 Å². The van der Waals surface area contributed by atoms with E-state index in [1.165, 1.54) is 6.33 Å². The number of halogens is 1. The topological polar surface area (TPSA) is 110 Å². The second kappa shape index (κ2) is 6.91. The average Bonchev–Trinajstić information content (AvgIpc) is 3.23. The van der Waals surface area contributed by atoms with E-state index in [0.29, 0.717) is 23.1 Å². The highest BCUT2D eigenvalue weighted by Crippen LogP contribution is 2.23. The Labute approximate surface area is 146 Å². The lowest BCUT2D eigenvalue weighted by atomic mass is 10.0. The number of hydrogen-bond acceptors (Lipinski definition) is 6. The maximum absolute atomic E-state index is 12.4. The molecule has 2 N–H and O–H groups in total. The lowest BCUT2D eigenvalue weighted by Crippen LogP contribution is -2.32. The van der Waals surface area contributed by atoms with Crippen molar-refractivity contribution in [3.63, 3.8) is 0 Å². The number of amides is 1. The number of nitrogens with one attached hydrogen (secondary N) is 2. The van der Waals surface area contributed by atoms with Crippen molar-refractivity contribution >= 4 is 21.8 Å². The molecule has 0 bridgehead atoms. The highest BCUT2D eigenvalue weighted by Gasteiger charge is 2.25. The molecule has 0 aliphatic rings. The molecular weight excluding hydrogens is 376 g/mol. The van der Waals surface area contributed by atoms with Crippen molar-refractivity contribution in [2.24, 2.45) is 5.92 Å². The Morgan fingerprint density at radius 3 is 2.67 bits per heavy atom. The molecule has 0 aliphatic carbocycles. The number of carbonyl (C=O) groups excluding carboxylic acids is 1. The predicted molar refractivity (Wildman–Crippen MR) is 88.9 cm³/mol. The monoisotopic (exact) mass is 390 g/mol. The van der Waals surface area contributed by atoms with Gasteiger partial charge >= 0.3 is 0 Å². The molecule has 124 valence electrons. The van der Waals surface area contributed by atoms with E-state index < -0.39 is 6.04 Å². The van der Waals surface area contributed by atoms with Crippen LogP contribution in [0.2, 0.25) is 0 Å². The molecule has 1 atom stereocenters. The highest BCUT2D eigenvalue weighted by atomic mass is 79.9. The molecule has 24 heavy (non-hydrogen) atoms. The Hall–Kier alpha value is -2.55. The first-order chi connectivity index (χ1) is 11.5. The first-order valence-corrected chi connectivity index (χ1v) is 8.09. The Bertz CT molecular complexity index is 813. The summed E-state index contributed by atoms with van der Waals surface area (Å²) in [6.07, 6.45) is 1.36. The van der Waals surface area contributed by atoms with Crippen LogP contribution in [0.3, 0.4) is 0 Å². The van der Waals surface area contributed by atoms with Crippen LogP contribution in [-0.2, 0) is 0 Å². The molecule has 0 fully saturated rings. The van der Waals surface area contributed by atoms with Gasteiger partial charge in [-0.15, -0.1) is 0 Å². The highest BCUT2D eigenvalue weighted by molar-refractivity contribution is 9.10. The van der Waals surface area contributed by atoms with Crippen molar-refractivity contribution in [1.82, 2.24) is 30.6 Å². The summed E-state index contributed by atoms with van der Waals surface area (Å²) >= 11 is 3.35. The minimum atomic E-state index is -0.412. The summed E-state index contributed by atoms with van der Waals surface area (Å²) in [6, 6.07) is 6.70. The van der Waals surface area contributed by atoms with Gasteiger partial charge in [0.1, 0.15) is 12.4 Å². The third kappa shape index (κ3) is 3.51. The average molecular weight is 391 g/mol. The van der Waals surface area contributed by atoms with Crippen LogP contribution in [0.5, 0.6) is 0 Å². The minimum absolute atomic E-state index is 0.0624. The summed E-state index contributed by atoms with van der Waals surface area (Å²) in [6.45, 7) is 3.93. The second-order valence-corrected chi connectivity index (χ2v) is 6.41. The third-order valence-corrected chi connectivity index (χ3v) is 3.92. The van der Waals surface area contributed by atoms with Gasteiger partial charge in [0.2, 0.25) is 11.7 Å². The molecule has 1 amide bonds. The lowest BCUT2D eigenvalue weighted by Gasteiger charge is -2.18. The van der Waals surface area contributed by atoms with E-state index in [1.54, 1.807) is 12.1 Å². The molecular formula is C15H15BrN6O2. The van der Waals surface area contributed by atoms with Gasteiger partial charge in [0.05, 0.1) is 0 Å². The van der Waals surface area contributed by atoms with E-state index in [0.717, 1.165) is 4.47 Å². The van der Waals surface area contributed by atoms with Crippen LogP contribution in [0.15, 0.2) is 39.6 Å². The van der Waals surface area contributed by atoms with Crippen molar-refractivity contribution < 1.29 is 9.32 Å². The number of rotatable bonds is 5. The van der Waals surface area contributed by atoms with Crippen molar-refractivity contribution in [2.45, 2.75) is 19.9 Å². The summed E-state index contributed by atoms with van der Waals surface area (Å²) < 4.78 is 6.21. The summed E-state index contributed by atoms with van der Waals surface area (Å²) in [5, 5.41) is 13.2. The zero-order chi connectivity index (χ0) is 17.1. The lowest BCUT2D eigenvalue weighted by molar-refractivity contribution is 0.0914. The van der Waals surface area contributed by atoms with Crippen LogP contribution in [0, 0.1) is 5.92 Å². The van der Waals surface area contributed by atoms with Gasteiger partial charge in [0.25, 0.3) is 5.91 Å². The number of hydrogen-bond donors (Lipinski definition) is 2. The molecule has 0 saturated heterocycles. The molecule has 0 spiro atoms. The van der Waals surface area contributed by atoms with Crippen LogP contribution < -0.4 is 5.32 Å². The molecule has 9 heteroatoms. The van der Waals surface area contributed by atoms with Crippen molar-refractivity contribution in [3.05, 3.63) is 46.5 Å². The second-order valence-electron chi connectivity index (χ2n) is 5.49. The zero-order valence-electron chi connectivity index (χ0n) is 13.0. The van der Waals surface area contributed by atoms with Gasteiger partial charge in [0.15, 0.2) is 5.82 Å². The maximum atomic E-state index is 12.4. The normalized spacial score (nSPS) is 12.3. The Morgan fingerprint density at radius 1 is 1.29 bits per heavy atom. The van der Waals surface area contributed by atoms with E-state index >= 15 is 0 Å². The molecule has 1 aromatic carbocycles. The zero-order valence-corrected chi connectivity index (χ0v) is 14.6. The van der Waals surface area contributed by atoms with Crippen molar-refractivity contribution in [3.8, 4) is 11.6 Å². The summed E-state index contributed by atoms with van der Waals surface area (Å²) in [5.74, 6) is 0.882. The van der Waals surface area contributed by atoms with Crippen LogP contribution in [-0.4, -0.2) is 31.2 Å².